The van der Waals surface area contributed by atoms with Crippen LogP contribution in [0.4, 0.5) is 0 Å². The molecule has 0 bridgehead atoms. The van der Waals surface area contributed by atoms with Crippen molar-refractivity contribution in [1.82, 2.24) is 0 Å². The van der Waals surface area contributed by atoms with E-state index in [0.717, 1.165) is 12.8 Å². The fourth-order valence-corrected chi connectivity index (χ4v) is 0.463. The highest BCUT2D eigenvalue weighted by Gasteiger charge is 1.90. The first-order chi connectivity index (χ1) is 4.31. The second-order valence-electron chi connectivity index (χ2n) is 1.78. The van der Waals surface area contributed by atoms with E-state index in [1.54, 1.807) is 0 Å². The van der Waals surface area contributed by atoms with Gasteiger partial charge in [-0.2, -0.15) is 4.89 Å². The molecule has 0 fully saturated rings. The van der Waals surface area contributed by atoms with Crippen molar-refractivity contribution in [2.24, 2.45) is 0 Å². The average Bonchev–Trinajstić information content (AvgIpc) is 1.85. The second-order valence-corrected chi connectivity index (χ2v) is 1.78. The van der Waals surface area contributed by atoms with Crippen molar-refractivity contribution in [2.45, 2.75) is 26.7 Å². The highest BCUT2D eigenvalue weighted by molar-refractivity contribution is 4.78. The van der Waals surface area contributed by atoms with Crippen LogP contribution in [0.25, 0.3) is 0 Å². The van der Waals surface area contributed by atoms with E-state index in [1.807, 2.05) is 6.92 Å². The smallest absolute Gasteiger partial charge is 0.135 e. The minimum atomic E-state index is 0.572. The topological polar surface area (TPSA) is 18.5 Å². The van der Waals surface area contributed by atoms with Gasteiger partial charge >= 0.3 is 0 Å². The fourth-order valence-electron chi connectivity index (χ4n) is 0.463. The molecular weight excluding hydrogens is 116 g/mol. The summed E-state index contributed by atoms with van der Waals surface area (Å²) in [4.78, 5) is 9.39. The van der Waals surface area contributed by atoms with Crippen LogP contribution in [0.15, 0.2) is 12.3 Å². The molecule has 0 radical (unpaired) electrons. The SMILES string of the molecule is C=C(CCC)OOCC. The van der Waals surface area contributed by atoms with Crippen LogP contribution in [0.5, 0.6) is 0 Å². The van der Waals surface area contributed by atoms with Crippen molar-refractivity contribution in [1.29, 1.82) is 0 Å². The molecule has 0 N–H and O–H groups in total. The van der Waals surface area contributed by atoms with Gasteiger partial charge in [0.25, 0.3) is 0 Å². The van der Waals surface area contributed by atoms with Gasteiger partial charge in [0, 0.05) is 6.42 Å². The largest absolute Gasteiger partial charge is 0.343 e. The Kier molecular flexibility index (Phi) is 5.32. The van der Waals surface area contributed by atoms with Crippen LogP contribution in [0.1, 0.15) is 26.7 Å². The zero-order valence-corrected chi connectivity index (χ0v) is 6.14. The molecule has 0 amide bonds. The van der Waals surface area contributed by atoms with Crippen LogP contribution in [0, 0.1) is 0 Å². The van der Waals surface area contributed by atoms with Gasteiger partial charge in [-0.3, -0.25) is 0 Å². The Bertz CT molecular complexity index is 79.0. The summed E-state index contributed by atoms with van der Waals surface area (Å²) in [6, 6.07) is 0. The summed E-state index contributed by atoms with van der Waals surface area (Å²) in [7, 11) is 0. The van der Waals surface area contributed by atoms with E-state index in [9.17, 15) is 0 Å². The lowest BCUT2D eigenvalue weighted by Crippen LogP contribution is -1.92. The van der Waals surface area contributed by atoms with Crippen LogP contribution in [-0.2, 0) is 9.78 Å². The van der Waals surface area contributed by atoms with Gasteiger partial charge in [0.1, 0.15) is 5.76 Å². The van der Waals surface area contributed by atoms with E-state index >= 15 is 0 Å². The van der Waals surface area contributed by atoms with Crippen molar-refractivity contribution in [3.63, 3.8) is 0 Å². The summed E-state index contributed by atoms with van der Waals surface area (Å²) in [6.07, 6.45) is 1.92. The van der Waals surface area contributed by atoms with Crippen LogP contribution in [-0.4, -0.2) is 6.61 Å². The zero-order valence-electron chi connectivity index (χ0n) is 6.14. The predicted molar refractivity (Wildman–Crippen MR) is 36.8 cm³/mol. The van der Waals surface area contributed by atoms with Crippen LogP contribution in [0.3, 0.4) is 0 Å². The molecule has 9 heavy (non-hydrogen) atoms. The molecule has 0 saturated heterocycles. The normalized spacial score (nSPS) is 9.11. The van der Waals surface area contributed by atoms with Crippen LogP contribution < -0.4 is 0 Å². The van der Waals surface area contributed by atoms with Gasteiger partial charge in [0.15, 0.2) is 0 Å². The summed E-state index contributed by atoms with van der Waals surface area (Å²) in [6.45, 7) is 8.15. The Morgan fingerprint density at radius 3 is 2.56 bits per heavy atom. The number of allylic oxidation sites excluding steroid dienone is 1. The maximum Gasteiger partial charge on any atom is 0.135 e. The third kappa shape index (κ3) is 5.37. The summed E-state index contributed by atoms with van der Waals surface area (Å²) < 4.78 is 0. The molecule has 0 aliphatic carbocycles. The minimum absolute atomic E-state index is 0.572. The first-order valence-corrected chi connectivity index (χ1v) is 3.28. The molecule has 0 aromatic heterocycles. The van der Waals surface area contributed by atoms with Gasteiger partial charge in [0.2, 0.25) is 0 Å². The van der Waals surface area contributed by atoms with Crippen molar-refractivity contribution < 1.29 is 9.78 Å². The van der Waals surface area contributed by atoms with Crippen molar-refractivity contribution in [3.8, 4) is 0 Å². The van der Waals surface area contributed by atoms with Crippen LogP contribution in [0.2, 0.25) is 0 Å². The van der Waals surface area contributed by atoms with Gasteiger partial charge < -0.3 is 4.89 Å². The highest BCUT2D eigenvalue weighted by atomic mass is 17.2. The highest BCUT2D eigenvalue weighted by Crippen LogP contribution is 2.02. The van der Waals surface area contributed by atoms with E-state index in [1.165, 1.54) is 0 Å². The predicted octanol–water partition coefficient (Wildman–Crippen LogP) is 2.27. The molecule has 0 saturated carbocycles. The van der Waals surface area contributed by atoms with Crippen molar-refractivity contribution in [2.75, 3.05) is 6.61 Å². The van der Waals surface area contributed by atoms with E-state index < -0.39 is 0 Å². The maximum atomic E-state index is 4.74. The molecule has 2 heteroatoms. The number of hydrogen-bond acceptors (Lipinski definition) is 2. The Labute approximate surface area is 56.4 Å². The van der Waals surface area contributed by atoms with E-state index in [2.05, 4.69) is 18.4 Å². The quantitative estimate of drug-likeness (QED) is 0.323. The minimum Gasteiger partial charge on any atom is -0.343 e. The molecule has 0 spiro atoms. The lowest BCUT2D eigenvalue weighted by molar-refractivity contribution is -0.259. The maximum absolute atomic E-state index is 4.74. The van der Waals surface area contributed by atoms with Gasteiger partial charge in [-0.1, -0.05) is 13.5 Å². The average molecular weight is 130 g/mol. The standard InChI is InChI=1S/C7H14O2/c1-4-6-7(3)9-8-5-2/h3-6H2,1-2H3. The monoisotopic (exact) mass is 130 g/mol. The van der Waals surface area contributed by atoms with Gasteiger partial charge in [-0.25, -0.2) is 0 Å². The molecule has 2 nitrogen and oxygen atoms in total. The first kappa shape index (κ1) is 8.50. The molecule has 0 heterocycles. The fraction of sp³-hybridized carbons (Fsp3) is 0.714. The third-order valence-corrected chi connectivity index (χ3v) is 0.823. The summed E-state index contributed by atoms with van der Waals surface area (Å²) >= 11 is 0. The van der Waals surface area contributed by atoms with E-state index in [0.29, 0.717) is 12.4 Å². The third-order valence-electron chi connectivity index (χ3n) is 0.823. The molecule has 0 aliphatic heterocycles. The number of rotatable bonds is 5. The molecule has 0 rings (SSSR count). The first-order valence-electron chi connectivity index (χ1n) is 3.28. The molecule has 0 aliphatic rings. The van der Waals surface area contributed by atoms with Crippen molar-refractivity contribution >= 4 is 0 Å². The Morgan fingerprint density at radius 2 is 2.11 bits per heavy atom. The summed E-state index contributed by atoms with van der Waals surface area (Å²) in [5, 5.41) is 0. The Morgan fingerprint density at radius 1 is 1.44 bits per heavy atom. The molecular formula is C7H14O2. The van der Waals surface area contributed by atoms with Gasteiger partial charge in [-0.05, 0) is 13.3 Å². The lowest BCUT2D eigenvalue weighted by Gasteiger charge is -2.02. The molecule has 0 aromatic rings. The summed E-state index contributed by atoms with van der Waals surface area (Å²) in [5.41, 5.74) is 0. The molecule has 0 aromatic carbocycles. The van der Waals surface area contributed by atoms with Gasteiger partial charge in [0.05, 0.1) is 6.61 Å². The molecule has 0 atom stereocenters. The Hall–Kier alpha value is -0.500. The van der Waals surface area contributed by atoms with E-state index in [4.69, 9.17) is 4.89 Å². The van der Waals surface area contributed by atoms with Gasteiger partial charge in [-0.15, -0.1) is 0 Å². The molecule has 0 unspecified atom stereocenters. The number of hydrogen-bond donors (Lipinski definition) is 0. The lowest BCUT2D eigenvalue weighted by atomic mass is 10.3. The van der Waals surface area contributed by atoms with E-state index in [-0.39, 0.29) is 0 Å². The Balaban J connectivity index is 3.06. The van der Waals surface area contributed by atoms with Crippen LogP contribution >= 0.6 is 0 Å². The zero-order chi connectivity index (χ0) is 7.11. The summed E-state index contributed by atoms with van der Waals surface area (Å²) in [5.74, 6) is 0.708. The second kappa shape index (κ2) is 5.63. The molecule has 54 valence electrons. The van der Waals surface area contributed by atoms with Crippen molar-refractivity contribution in [3.05, 3.63) is 12.3 Å².